The van der Waals surface area contributed by atoms with Gasteiger partial charge >= 0.3 is 0 Å². The Kier molecular flexibility index (Phi) is 4.28. The van der Waals surface area contributed by atoms with Crippen LogP contribution in [0.15, 0.2) is 53.1 Å². The Labute approximate surface area is 157 Å². The topological polar surface area (TPSA) is 64.4 Å². The monoisotopic (exact) mass is 360 g/mol. The summed E-state index contributed by atoms with van der Waals surface area (Å²) in [6.07, 6.45) is 1.71. The zero-order valence-electron chi connectivity index (χ0n) is 15.5. The first-order valence-corrected chi connectivity index (χ1v) is 8.90. The van der Waals surface area contributed by atoms with E-state index < -0.39 is 0 Å². The van der Waals surface area contributed by atoms with E-state index in [0.717, 1.165) is 27.5 Å². The Balaban J connectivity index is 1.73. The third kappa shape index (κ3) is 3.01. The summed E-state index contributed by atoms with van der Waals surface area (Å²) in [5.74, 6) is 0.735. The van der Waals surface area contributed by atoms with Gasteiger partial charge in [0.25, 0.3) is 5.91 Å². The van der Waals surface area contributed by atoms with E-state index in [1.54, 1.807) is 6.20 Å². The van der Waals surface area contributed by atoms with Crippen LogP contribution in [0.2, 0.25) is 0 Å². The lowest BCUT2D eigenvalue weighted by atomic mass is 10.1. The Morgan fingerprint density at radius 1 is 1.15 bits per heavy atom. The number of amides is 1. The van der Waals surface area contributed by atoms with Gasteiger partial charge in [-0.25, -0.2) is 0 Å². The molecule has 0 aliphatic carbocycles. The third-order valence-corrected chi connectivity index (χ3v) is 4.58. The standard InChI is InChI=1S/C22H20N2O3/c1-4-26-18-10-9-17(16-6-5-11-23-20(16)18)24-22(25)21-14(3)15-8-7-13(2)12-19(15)27-21/h5-12H,4H2,1-3H3,(H,24,25). The fourth-order valence-electron chi connectivity index (χ4n) is 3.26. The normalized spacial score (nSPS) is 11.1. The molecule has 1 N–H and O–H groups in total. The number of anilines is 1. The summed E-state index contributed by atoms with van der Waals surface area (Å²) in [6, 6.07) is 13.3. The molecule has 2 heterocycles. The molecule has 2 aromatic heterocycles. The van der Waals surface area contributed by atoms with E-state index in [2.05, 4.69) is 10.3 Å². The molecule has 0 unspecified atom stereocenters. The number of nitrogens with zero attached hydrogens (tertiary/aromatic N) is 1. The van der Waals surface area contributed by atoms with Gasteiger partial charge in [0.1, 0.15) is 16.8 Å². The SMILES string of the molecule is CCOc1ccc(NC(=O)c2oc3cc(C)ccc3c2C)c2cccnc12. The van der Waals surface area contributed by atoms with Gasteiger partial charge in [-0.15, -0.1) is 0 Å². The number of carbonyl (C=O) groups excluding carboxylic acids is 1. The molecule has 0 saturated carbocycles. The summed E-state index contributed by atoms with van der Waals surface area (Å²) in [4.78, 5) is 17.3. The molecule has 136 valence electrons. The lowest BCUT2D eigenvalue weighted by Gasteiger charge is -2.11. The number of aryl methyl sites for hydroxylation is 2. The number of carbonyl (C=O) groups is 1. The highest BCUT2D eigenvalue weighted by atomic mass is 16.5. The number of furan rings is 1. The molecule has 0 saturated heterocycles. The molecule has 2 aromatic carbocycles. The molecule has 0 fully saturated rings. The summed E-state index contributed by atoms with van der Waals surface area (Å²) in [5.41, 5.74) is 4.02. The summed E-state index contributed by atoms with van der Waals surface area (Å²) in [7, 11) is 0. The van der Waals surface area contributed by atoms with Crippen molar-refractivity contribution in [2.24, 2.45) is 0 Å². The minimum Gasteiger partial charge on any atom is -0.492 e. The minimum atomic E-state index is -0.282. The highest BCUT2D eigenvalue weighted by molar-refractivity contribution is 6.10. The summed E-state index contributed by atoms with van der Waals surface area (Å²) < 4.78 is 11.5. The highest BCUT2D eigenvalue weighted by Gasteiger charge is 2.19. The van der Waals surface area contributed by atoms with Gasteiger partial charge < -0.3 is 14.5 Å². The average Bonchev–Trinajstić information content (AvgIpc) is 3.00. The van der Waals surface area contributed by atoms with Gasteiger partial charge in [-0.1, -0.05) is 12.1 Å². The maximum absolute atomic E-state index is 12.9. The molecule has 0 bridgehead atoms. The van der Waals surface area contributed by atoms with Crippen molar-refractivity contribution < 1.29 is 13.9 Å². The van der Waals surface area contributed by atoms with Gasteiger partial charge in [-0.3, -0.25) is 9.78 Å². The van der Waals surface area contributed by atoms with E-state index in [4.69, 9.17) is 9.15 Å². The second kappa shape index (κ2) is 6.76. The predicted molar refractivity (Wildman–Crippen MR) is 107 cm³/mol. The maximum atomic E-state index is 12.9. The third-order valence-electron chi connectivity index (χ3n) is 4.58. The summed E-state index contributed by atoms with van der Waals surface area (Å²) in [6.45, 7) is 6.37. The molecule has 0 atom stereocenters. The van der Waals surface area contributed by atoms with Crippen molar-refractivity contribution in [3.8, 4) is 5.75 Å². The first kappa shape index (κ1) is 17.1. The van der Waals surface area contributed by atoms with Crippen LogP contribution in [0.1, 0.15) is 28.6 Å². The van der Waals surface area contributed by atoms with Crippen LogP contribution in [-0.4, -0.2) is 17.5 Å². The zero-order valence-corrected chi connectivity index (χ0v) is 15.5. The van der Waals surface area contributed by atoms with E-state index in [0.29, 0.717) is 29.3 Å². The molecular weight excluding hydrogens is 340 g/mol. The van der Waals surface area contributed by atoms with Crippen LogP contribution in [0.25, 0.3) is 21.9 Å². The Morgan fingerprint density at radius 2 is 2.00 bits per heavy atom. The van der Waals surface area contributed by atoms with Crippen molar-refractivity contribution in [2.45, 2.75) is 20.8 Å². The number of pyridine rings is 1. The van der Waals surface area contributed by atoms with Crippen LogP contribution in [0, 0.1) is 13.8 Å². The molecule has 0 aliphatic heterocycles. The molecular formula is C22H20N2O3. The van der Waals surface area contributed by atoms with E-state index in [-0.39, 0.29) is 5.91 Å². The molecule has 1 amide bonds. The number of hydrogen-bond acceptors (Lipinski definition) is 4. The fourth-order valence-corrected chi connectivity index (χ4v) is 3.26. The number of aromatic nitrogens is 1. The molecule has 5 heteroatoms. The largest absolute Gasteiger partial charge is 0.492 e. The van der Waals surface area contributed by atoms with Crippen LogP contribution in [0.3, 0.4) is 0 Å². The fraction of sp³-hybridized carbons (Fsp3) is 0.182. The molecule has 0 aliphatic rings. The van der Waals surface area contributed by atoms with E-state index in [1.165, 1.54) is 0 Å². The molecule has 0 spiro atoms. The average molecular weight is 360 g/mol. The summed E-state index contributed by atoms with van der Waals surface area (Å²) in [5, 5.41) is 4.73. The number of fused-ring (bicyclic) bond motifs is 2. The summed E-state index contributed by atoms with van der Waals surface area (Å²) >= 11 is 0. The van der Waals surface area contributed by atoms with Crippen LogP contribution >= 0.6 is 0 Å². The maximum Gasteiger partial charge on any atom is 0.291 e. The second-order valence-electron chi connectivity index (χ2n) is 6.45. The quantitative estimate of drug-likeness (QED) is 0.540. The van der Waals surface area contributed by atoms with Crippen molar-refractivity contribution in [3.05, 3.63) is 65.5 Å². The first-order valence-electron chi connectivity index (χ1n) is 8.90. The van der Waals surface area contributed by atoms with Crippen LogP contribution in [-0.2, 0) is 0 Å². The van der Waals surface area contributed by atoms with Crippen LogP contribution < -0.4 is 10.1 Å². The number of rotatable bonds is 4. The van der Waals surface area contributed by atoms with Gasteiger partial charge in [0.2, 0.25) is 0 Å². The highest BCUT2D eigenvalue weighted by Crippen LogP contribution is 2.31. The minimum absolute atomic E-state index is 0.282. The van der Waals surface area contributed by atoms with Crippen LogP contribution in [0.4, 0.5) is 5.69 Å². The predicted octanol–water partition coefficient (Wildman–Crippen LogP) is 5.25. The van der Waals surface area contributed by atoms with Gasteiger partial charge in [-0.2, -0.15) is 0 Å². The first-order chi connectivity index (χ1) is 13.1. The van der Waals surface area contributed by atoms with Crippen molar-refractivity contribution in [1.29, 1.82) is 0 Å². The lowest BCUT2D eigenvalue weighted by molar-refractivity contribution is 0.0998. The van der Waals surface area contributed by atoms with Crippen molar-refractivity contribution in [2.75, 3.05) is 11.9 Å². The van der Waals surface area contributed by atoms with Gasteiger partial charge in [-0.05, 0) is 56.7 Å². The van der Waals surface area contributed by atoms with Gasteiger partial charge in [0.05, 0.1) is 12.3 Å². The lowest BCUT2D eigenvalue weighted by Crippen LogP contribution is -2.12. The van der Waals surface area contributed by atoms with E-state index in [1.807, 2.05) is 63.2 Å². The Morgan fingerprint density at radius 3 is 2.81 bits per heavy atom. The van der Waals surface area contributed by atoms with Crippen molar-refractivity contribution in [1.82, 2.24) is 4.98 Å². The van der Waals surface area contributed by atoms with E-state index >= 15 is 0 Å². The number of benzene rings is 2. The van der Waals surface area contributed by atoms with Crippen molar-refractivity contribution in [3.63, 3.8) is 0 Å². The molecule has 5 nitrogen and oxygen atoms in total. The zero-order chi connectivity index (χ0) is 19.0. The Bertz CT molecular complexity index is 1160. The molecule has 4 rings (SSSR count). The van der Waals surface area contributed by atoms with Gasteiger partial charge in [0, 0.05) is 22.5 Å². The number of hydrogen-bond donors (Lipinski definition) is 1. The second-order valence-corrected chi connectivity index (χ2v) is 6.45. The smallest absolute Gasteiger partial charge is 0.291 e. The molecule has 0 radical (unpaired) electrons. The van der Waals surface area contributed by atoms with Gasteiger partial charge in [0.15, 0.2) is 5.76 Å². The van der Waals surface area contributed by atoms with Crippen LogP contribution in [0.5, 0.6) is 5.75 Å². The van der Waals surface area contributed by atoms with E-state index in [9.17, 15) is 4.79 Å². The number of nitrogens with one attached hydrogen (secondary N) is 1. The Hall–Kier alpha value is -3.34. The number of ether oxygens (including phenoxy) is 1. The van der Waals surface area contributed by atoms with Crippen molar-refractivity contribution >= 4 is 33.5 Å². The molecule has 4 aromatic rings. The molecule has 27 heavy (non-hydrogen) atoms.